The largest absolute Gasteiger partial charge is 1.00 e. The molecule has 0 aliphatic carbocycles. The van der Waals surface area contributed by atoms with Crippen LogP contribution in [0.3, 0.4) is 0 Å². The van der Waals surface area contributed by atoms with Crippen molar-refractivity contribution < 1.29 is 66.6 Å². The van der Waals surface area contributed by atoms with Gasteiger partial charge in [-0.25, -0.2) is 14.2 Å². The van der Waals surface area contributed by atoms with Gasteiger partial charge in [0.05, 0.1) is 50.3 Å². The Morgan fingerprint density at radius 2 is 1.54 bits per heavy atom. The van der Waals surface area contributed by atoms with Gasteiger partial charge >= 0.3 is 12.2 Å². The number of aryl methyl sites for hydroxylation is 1. The third-order valence-corrected chi connectivity index (χ3v) is 7.44. The number of carbonyl (C=O) groups excluding carboxylic acids is 3. The highest BCUT2D eigenvalue weighted by molar-refractivity contribution is 9.10. The van der Waals surface area contributed by atoms with Crippen LogP contribution in [0.1, 0.15) is 23.7 Å². The number of nitrogens with one attached hydrogen (secondary N) is 2. The van der Waals surface area contributed by atoms with Crippen LogP contribution in [0.15, 0.2) is 77.5 Å². The summed E-state index contributed by atoms with van der Waals surface area (Å²) in [4.78, 5) is 40.2. The average Bonchev–Trinajstić information content (AvgIpc) is 3.07. The van der Waals surface area contributed by atoms with Crippen LogP contribution in [0, 0.1) is 0 Å². The number of hydrogen-bond acceptors (Lipinski definition) is 8. The quantitative estimate of drug-likeness (QED) is 0.113. The molecule has 0 radical (unpaired) electrons. The molecule has 3 amide bonds. The van der Waals surface area contributed by atoms with Crippen LogP contribution in [-0.2, 0) is 16.0 Å². The topological polar surface area (TPSA) is 129 Å². The number of hydrogen-bond donors (Lipinski definition) is 2. The van der Waals surface area contributed by atoms with Gasteiger partial charge in [0.1, 0.15) is 25.3 Å². The Morgan fingerprint density at radius 3 is 2.23 bits per heavy atom. The number of rotatable bonds is 14. The van der Waals surface area contributed by atoms with Gasteiger partial charge < -0.3 is 57.9 Å². The molecule has 0 fully saturated rings. The minimum absolute atomic E-state index is 0. The molecule has 3 aromatic carbocycles. The summed E-state index contributed by atoms with van der Waals surface area (Å²) < 4.78 is 29.7. The lowest BCUT2D eigenvalue weighted by Crippen LogP contribution is -3.00. The normalized spacial score (nSPS) is 10.4. The second kappa shape index (κ2) is 18.9. The molecule has 0 aliphatic heterocycles. The van der Waals surface area contributed by atoms with Gasteiger partial charge in [0.25, 0.3) is 5.91 Å². The van der Waals surface area contributed by atoms with Gasteiger partial charge in [0.15, 0.2) is 23.9 Å². The van der Waals surface area contributed by atoms with Gasteiger partial charge in [-0.3, -0.25) is 10.1 Å². The van der Waals surface area contributed by atoms with E-state index in [-0.39, 0.29) is 56.2 Å². The molecule has 14 heteroatoms. The molecule has 0 saturated heterocycles. The SMILES string of the molecule is CCC[n+]1cc(Br)cc(C(=O)N(CCOC(=O)NCCOC(=O)Nc2cccc3ccccc23)c2cc(OC)c(OC)c(OC)c2)c1.[I-]. The van der Waals surface area contributed by atoms with Crippen molar-refractivity contribution in [3.8, 4) is 17.2 Å². The van der Waals surface area contributed by atoms with E-state index in [4.69, 9.17) is 23.7 Å². The summed E-state index contributed by atoms with van der Waals surface area (Å²) in [6.07, 6.45) is 3.17. The number of carbonyl (C=O) groups is 3. The molecule has 0 atom stereocenters. The maximum absolute atomic E-state index is 13.9. The van der Waals surface area contributed by atoms with E-state index in [1.807, 2.05) is 54.1 Å². The summed E-state index contributed by atoms with van der Waals surface area (Å²) in [5.41, 5.74) is 1.49. The number of alkyl carbamates (subject to hydrolysis) is 1. The zero-order valence-corrected chi connectivity index (χ0v) is 30.8. The second-order valence-corrected chi connectivity index (χ2v) is 11.1. The van der Waals surface area contributed by atoms with Gasteiger partial charge in [0.2, 0.25) is 5.75 Å². The van der Waals surface area contributed by atoms with Gasteiger partial charge in [-0.1, -0.05) is 43.3 Å². The number of amides is 3. The molecular formula is C34H38BrIN4O8. The van der Waals surface area contributed by atoms with Gasteiger partial charge in [0, 0.05) is 23.9 Å². The van der Waals surface area contributed by atoms with Gasteiger partial charge in [-0.15, -0.1) is 0 Å². The van der Waals surface area contributed by atoms with Crippen LogP contribution in [0.2, 0.25) is 0 Å². The number of anilines is 2. The number of fused-ring (bicyclic) bond motifs is 1. The fourth-order valence-electron chi connectivity index (χ4n) is 4.89. The van der Waals surface area contributed by atoms with Crippen molar-refractivity contribution in [2.45, 2.75) is 19.9 Å². The van der Waals surface area contributed by atoms with Crippen LogP contribution >= 0.6 is 15.9 Å². The summed E-state index contributed by atoms with van der Waals surface area (Å²) >= 11 is 3.50. The van der Waals surface area contributed by atoms with E-state index in [1.165, 1.54) is 26.2 Å². The number of aromatic nitrogens is 1. The Kier molecular flexibility index (Phi) is 15.0. The summed E-state index contributed by atoms with van der Waals surface area (Å²) in [5.74, 6) is 0.759. The molecule has 0 aliphatic rings. The molecule has 4 rings (SSSR count). The minimum Gasteiger partial charge on any atom is -1.00 e. The van der Waals surface area contributed by atoms with Crippen LogP contribution in [-0.4, -0.2) is 65.7 Å². The molecule has 1 aromatic heterocycles. The summed E-state index contributed by atoms with van der Waals surface area (Å²) in [7, 11) is 4.46. The molecule has 0 bridgehead atoms. The highest BCUT2D eigenvalue weighted by Gasteiger charge is 2.25. The Morgan fingerprint density at radius 1 is 0.854 bits per heavy atom. The molecule has 4 aromatic rings. The first-order valence-electron chi connectivity index (χ1n) is 14.9. The lowest BCUT2D eigenvalue weighted by molar-refractivity contribution is -0.697. The molecule has 0 spiro atoms. The Labute approximate surface area is 304 Å². The predicted octanol–water partition coefficient (Wildman–Crippen LogP) is 2.95. The Bertz CT molecular complexity index is 1690. The minimum atomic E-state index is -0.733. The first-order valence-corrected chi connectivity index (χ1v) is 15.7. The summed E-state index contributed by atoms with van der Waals surface area (Å²) in [6, 6.07) is 18.3. The van der Waals surface area contributed by atoms with E-state index in [1.54, 1.807) is 30.5 Å². The Balaban J connectivity index is 0.00000625. The molecule has 256 valence electrons. The zero-order valence-electron chi connectivity index (χ0n) is 27.1. The fraction of sp³-hybridized carbons (Fsp3) is 0.294. The fourth-order valence-corrected chi connectivity index (χ4v) is 5.40. The van der Waals surface area contributed by atoms with Crippen LogP contribution in [0.25, 0.3) is 10.8 Å². The van der Waals surface area contributed by atoms with E-state index in [9.17, 15) is 14.4 Å². The number of methoxy groups -OCH3 is 3. The maximum atomic E-state index is 13.9. The predicted molar refractivity (Wildman–Crippen MR) is 181 cm³/mol. The molecule has 48 heavy (non-hydrogen) atoms. The number of nitrogens with zero attached hydrogens (tertiary/aromatic N) is 2. The molecule has 1 heterocycles. The monoisotopic (exact) mass is 836 g/mol. The van der Waals surface area contributed by atoms with Crippen molar-refractivity contribution in [1.82, 2.24) is 5.32 Å². The molecule has 2 N–H and O–H groups in total. The van der Waals surface area contributed by atoms with E-state index in [0.29, 0.717) is 34.2 Å². The molecule has 12 nitrogen and oxygen atoms in total. The smallest absolute Gasteiger partial charge is 0.411 e. The second-order valence-electron chi connectivity index (χ2n) is 10.2. The lowest BCUT2D eigenvalue weighted by Gasteiger charge is -2.24. The standard InChI is InChI=1S/C34H37BrN4O8.HI/c1-5-14-38-21-24(18-25(35)22-38)32(40)39(26-19-29(43-2)31(45-4)30(20-26)44-3)15-17-47-33(41)36-13-16-46-34(42)37-28-12-8-10-23-9-6-7-11-27(23)28;/h6-12,18-22H,5,13-17H2,1-4H3,(H-,36,37,41,42);1H. The Hall–Kier alpha value is -4.31. The van der Waals surface area contributed by atoms with Gasteiger partial charge in [-0.2, -0.15) is 0 Å². The van der Waals surface area contributed by atoms with Crippen molar-refractivity contribution in [1.29, 1.82) is 0 Å². The van der Waals surface area contributed by atoms with Crippen LogP contribution in [0.4, 0.5) is 21.0 Å². The number of pyridine rings is 1. The van der Waals surface area contributed by atoms with E-state index < -0.39 is 12.2 Å². The maximum Gasteiger partial charge on any atom is 0.411 e. The van der Waals surface area contributed by atoms with E-state index in [2.05, 4.69) is 26.6 Å². The summed E-state index contributed by atoms with van der Waals surface area (Å²) in [6.45, 7) is 2.58. The average molecular weight is 838 g/mol. The third-order valence-electron chi connectivity index (χ3n) is 7.00. The van der Waals surface area contributed by atoms with Crippen LogP contribution in [0.5, 0.6) is 17.2 Å². The van der Waals surface area contributed by atoms with Crippen molar-refractivity contribution in [3.05, 3.63) is 83.1 Å². The molecular weight excluding hydrogens is 799 g/mol. The lowest BCUT2D eigenvalue weighted by atomic mass is 10.1. The summed E-state index contributed by atoms with van der Waals surface area (Å²) in [5, 5.41) is 7.14. The third kappa shape index (κ3) is 10.1. The number of ether oxygens (including phenoxy) is 5. The highest BCUT2D eigenvalue weighted by atomic mass is 127. The van der Waals surface area contributed by atoms with E-state index in [0.717, 1.165) is 28.2 Å². The van der Waals surface area contributed by atoms with Crippen molar-refractivity contribution in [2.75, 3.05) is 57.8 Å². The van der Waals surface area contributed by atoms with Crippen LogP contribution < -0.4 is 58.3 Å². The van der Waals surface area contributed by atoms with Crippen molar-refractivity contribution >= 4 is 56.2 Å². The van der Waals surface area contributed by atoms with E-state index >= 15 is 0 Å². The van der Waals surface area contributed by atoms with Crippen molar-refractivity contribution in [3.63, 3.8) is 0 Å². The first-order chi connectivity index (χ1) is 22.8. The zero-order chi connectivity index (χ0) is 33.8. The highest BCUT2D eigenvalue weighted by Crippen LogP contribution is 2.41. The molecule has 0 saturated carbocycles. The van der Waals surface area contributed by atoms with Crippen molar-refractivity contribution in [2.24, 2.45) is 0 Å². The van der Waals surface area contributed by atoms with Gasteiger partial charge in [-0.05, 0) is 33.4 Å². The number of benzene rings is 3. The first kappa shape index (κ1) is 38.1. The number of halogens is 2. The molecule has 0 unspecified atom stereocenters.